The molecular weight excluding hydrogens is 240 g/mol. The van der Waals surface area contributed by atoms with Gasteiger partial charge >= 0.3 is 0 Å². The Kier molecular flexibility index (Phi) is 3.25. The van der Waals surface area contributed by atoms with Crippen LogP contribution in [0.3, 0.4) is 0 Å². The Morgan fingerprint density at radius 3 is 3.11 bits per heavy atom. The minimum absolute atomic E-state index is 0.335. The van der Waals surface area contributed by atoms with E-state index in [9.17, 15) is 0 Å². The smallest absolute Gasteiger partial charge is 0.0331 e. The zero-order valence-electron chi connectivity index (χ0n) is 11.5. The second kappa shape index (κ2) is 4.62. The van der Waals surface area contributed by atoms with Crippen molar-refractivity contribution in [1.82, 2.24) is 4.90 Å². The van der Waals surface area contributed by atoms with E-state index in [-0.39, 0.29) is 0 Å². The third-order valence-corrected chi connectivity index (χ3v) is 6.12. The van der Waals surface area contributed by atoms with Gasteiger partial charge in [0.05, 0.1) is 0 Å². The summed E-state index contributed by atoms with van der Waals surface area (Å²) in [5.74, 6) is 0. The summed E-state index contributed by atoms with van der Waals surface area (Å²) < 4.78 is 0. The van der Waals surface area contributed by atoms with Crippen LogP contribution in [-0.4, -0.2) is 24.0 Å². The van der Waals surface area contributed by atoms with Gasteiger partial charge in [-0.2, -0.15) is 0 Å². The number of hydrogen-bond donors (Lipinski definition) is 1. The van der Waals surface area contributed by atoms with Crippen LogP contribution >= 0.6 is 11.3 Å². The first-order chi connectivity index (χ1) is 8.60. The number of rotatable bonds is 2. The Morgan fingerprint density at radius 1 is 1.56 bits per heavy atom. The Labute approximate surface area is 114 Å². The van der Waals surface area contributed by atoms with Crippen molar-refractivity contribution in [2.45, 2.75) is 51.6 Å². The molecule has 100 valence electrons. The van der Waals surface area contributed by atoms with Crippen LogP contribution in [0.1, 0.15) is 49.6 Å². The van der Waals surface area contributed by atoms with Crippen molar-refractivity contribution in [3.63, 3.8) is 0 Å². The van der Waals surface area contributed by atoms with Gasteiger partial charge < -0.3 is 5.73 Å². The van der Waals surface area contributed by atoms with Gasteiger partial charge in [-0.15, -0.1) is 11.3 Å². The van der Waals surface area contributed by atoms with E-state index < -0.39 is 0 Å². The van der Waals surface area contributed by atoms with Gasteiger partial charge in [-0.3, -0.25) is 4.90 Å². The van der Waals surface area contributed by atoms with E-state index in [2.05, 4.69) is 30.2 Å². The quantitative estimate of drug-likeness (QED) is 0.889. The molecule has 0 aromatic carbocycles. The first-order valence-electron chi connectivity index (χ1n) is 7.16. The van der Waals surface area contributed by atoms with Gasteiger partial charge in [0, 0.05) is 30.1 Å². The second-order valence-corrected chi connectivity index (χ2v) is 7.35. The molecule has 18 heavy (non-hydrogen) atoms. The fraction of sp³-hybridized carbons (Fsp3) is 0.733. The summed E-state index contributed by atoms with van der Waals surface area (Å²) in [6.45, 7) is 7.12. The maximum atomic E-state index is 6.33. The summed E-state index contributed by atoms with van der Waals surface area (Å²) in [6, 6.07) is 3.28. The number of nitrogens with zero attached hydrogens (tertiary/aromatic N) is 1. The molecule has 0 radical (unpaired) electrons. The molecule has 3 atom stereocenters. The van der Waals surface area contributed by atoms with E-state index in [4.69, 9.17) is 5.73 Å². The zero-order valence-corrected chi connectivity index (χ0v) is 12.3. The first kappa shape index (κ1) is 12.6. The molecule has 3 rings (SSSR count). The SMILES string of the molecule is CC1c2ccsc2CCN1CC1(C)CCCC1N. The predicted octanol–water partition coefficient (Wildman–Crippen LogP) is 3.18. The molecule has 1 aromatic heterocycles. The van der Waals surface area contributed by atoms with Gasteiger partial charge in [0.15, 0.2) is 0 Å². The molecule has 1 aliphatic heterocycles. The summed E-state index contributed by atoms with van der Waals surface area (Å²) >= 11 is 1.92. The molecule has 2 aliphatic rings. The lowest BCUT2D eigenvalue weighted by atomic mass is 9.83. The molecule has 1 aromatic rings. The Bertz CT molecular complexity index is 428. The summed E-state index contributed by atoms with van der Waals surface area (Å²) in [6.07, 6.45) is 5.04. The zero-order chi connectivity index (χ0) is 12.8. The second-order valence-electron chi connectivity index (χ2n) is 6.35. The van der Waals surface area contributed by atoms with Crippen molar-refractivity contribution in [1.29, 1.82) is 0 Å². The highest BCUT2D eigenvalue weighted by Gasteiger charge is 2.39. The predicted molar refractivity (Wildman–Crippen MR) is 77.9 cm³/mol. The van der Waals surface area contributed by atoms with E-state index in [1.54, 1.807) is 10.4 Å². The van der Waals surface area contributed by atoms with Gasteiger partial charge in [0.2, 0.25) is 0 Å². The minimum atomic E-state index is 0.335. The van der Waals surface area contributed by atoms with Crippen molar-refractivity contribution in [2.75, 3.05) is 13.1 Å². The molecular formula is C15H24N2S. The third kappa shape index (κ3) is 2.02. The fourth-order valence-corrected chi connectivity index (χ4v) is 4.66. The minimum Gasteiger partial charge on any atom is -0.327 e. The molecule has 0 spiro atoms. The van der Waals surface area contributed by atoms with Crippen molar-refractivity contribution in [3.05, 3.63) is 21.9 Å². The van der Waals surface area contributed by atoms with E-state index in [1.165, 1.54) is 38.8 Å². The van der Waals surface area contributed by atoms with Gasteiger partial charge in [0.25, 0.3) is 0 Å². The molecule has 2 heterocycles. The van der Waals surface area contributed by atoms with Crippen LogP contribution in [0.4, 0.5) is 0 Å². The van der Waals surface area contributed by atoms with Crippen LogP contribution in [0.15, 0.2) is 11.4 Å². The average molecular weight is 264 g/mol. The van der Waals surface area contributed by atoms with Crippen LogP contribution in [0.2, 0.25) is 0 Å². The largest absolute Gasteiger partial charge is 0.327 e. The van der Waals surface area contributed by atoms with Gasteiger partial charge in [-0.25, -0.2) is 0 Å². The summed E-state index contributed by atoms with van der Waals surface area (Å²) in [7, 11) is 0. The summed E-state index contributed by atoms with van der Waals surface area (Å²) in [4.78, 5) is 4.25. The van der Waals surface area contributed by atoms with Crippen LogP contribution < -0.4 is 5.73 Å². The number of thiophene rings is 1. The molecule has 1 saturated carbocycles. The first-order valence-corrected chi connectivity index (χ1v) is 8.04. The van der Waals surface area contributed by atoms with Gasteiger partial charge in [0.1, 0.15) is 0 Å². The Morgan fingerprint density at radius 2 is 2.39 bits per heavy atom. The van der Waals surface area contributed by atoms with Crippen molar-refractivity contribution >= 4 is 11.3 Å². The molecule has 2 nitrogen and oxygen atoms in total. The summed E-state index contributed by atoms with van der Waals surface area (Å²) in [5.41, 5.74) is 8.22. The van der Waals surface area contributed by atoms with Crippen molar-refractivity contribution in [2.24, 2.45) is 11.1 Å². The monoisotopic (exact) mass is 264 g/mol. The van der Waals surface area contributed by atoms with Crippen molar-refractivity contribution < 1.29 is 0 Å². The average Bonchev–Trinajstić information content (AvgIpc) is 2.92. The van der Waals surface area contributed by atoms with E-state index >= 15 is 0 Å². The highest BCUT2D eigenvalue weighted by atomic mass is 32.1. The van der Waals surface area contributed by atoms with Gasteiger partial charge in [-0.1, -0.05) is 13.3 Å². The van der Waals surface area contributed by atoms with E-state index in [0.717, 1.165) is 0 Å². The highest BCUT2D eigenvalue weighted by Crippen LogP contribution is 2.41. The fourth-order valence-electron chi connectivity index (χ4n) is 3.70. The molecule has 3 heteroatoms. The third-order valence-electron chi connectivity index (χ3n) is 5.13. The van der Waals surface area contributed by atoms with E-state index in [0.29, 0.717) is 17.5 Å². The maximum Gasteiger partial charge on any atom is 0.0331 e. The molecule has 2 N–H and O–H groups in total. The lowest BCUT2D eigenvalue weighted by Gasteiger charge is -2.41. The Hall–Kier alpha value is -0.380. The van der Waals surface area contributed by atoms with Crippen LogP contribution in [-0.2, 0) is 6.42 Å². The molecule has 3 unspecified atom stereocenters. The maximum absolute atomic E-state index is 6.33. The highest BCUT2D eigenvalue weighted by molar-refractivity contribution is 7.10. The Balaban J connectivity index is 1.75. The van der Waals surface area contributed by atoms with Gasteiger partial charge in [-0.05, 0) is 48.6 Å². The van der Waals surface area contributed by atoms with Crippen LogP contribution in [0.5, 0.6) is 0 Å². The number of nitrogens with two attached hydrogens (primary N) is 1. The van der Waals surface area contributed by atoms with E-state index in [1.807, 2.05) is 11.3 Å². The topological polar surface area (TPSA) is 29.3 Å². The number of hydrogen-bond acceptors (Lipinski definition) is 3. The summed E-state index contributed by atoms with van der Waals surface area (Å²) in [5, 5.41) is 2.24. The lowest BCUT2D eigenvalue weighted by molar-refractivity contribution is 0.112. The standard InChI is InChI=1S/C15H24N2S/c1-11-12-6-9-18-13(12)5-8-17(11)10-15(2)7-3-4-14(15)16/h6,9,11,14H,3-5,7-8,10,16H2,1-2H3. The van der Waals surface area contributed by atoms with Crippen molar-refractivity contribution in [3.8, 4) is 0 Å². The van der Waals surface area contributed by atoms with Crippen LogP contribution in [0.25, 0.3) is 0 Å². The van der Waals surface area contributed by atoms with Crippen LogP contribution in [0, 0.1) is 5.41 Å². The molecule has 0 saturated heterocycles. The molecule has 0 amide bonds. The molecule has 0 bridgehead atoms. The lowest BCUT2D eigenvalue weighted by Crippen LogP contribution is -2.46. The molecule has 1 aliphatic carbocycles. The normalized spacial score (nSPS) is 36.8. The molecule has 1 fully saturated rings. The number of fused-ring (bicyclic) bond motifs is 1.